The number of esters is 1. The average molecular weight is 582 g/mol. The van der Waals surface area contributed by atoms with Crippen LogP contribution in [0.5, 0.6) is 11.5 Å². The van der Waals surface area contributed by atoms with Crippen LogP contribution in [0.3, 0.4) is 0 Å². The molecule has 1 heterocycles. The summed E-state index contributed by atoms with van der Waals surface area (Å²) in [5, 5.41) is 9.10. The van der Waals surface area contributed by atoms with Crippen LogP contribution in [-0.2, 0) is 32.0 Å². The fourth-order valence-electron chi connectivity index (χ4n) is 5.08. The molecule has 3 N–H and O–H groups in total. The van der Waals surface area contributed by atoms with Gasteiger partial charge in [-0.3, -0.25) is 18.7 Å². The standard InChI is InChI=1S/C29H34N4O7S/c1-4-40-29(35)24(14-18-7-9-19(10-8-18)27(30)31)32-13-5-6-23(28(32)34)33(41(36)37)22-12-11-20-16-25(38-2)26(39-3)17-21(20)15-22/h7-12,15-17,23-24H,4-6,13-14H2,1-3H3,(H3,30,31)(H,36,37)/p-1. The van der Waals surface area contributed by atoms with Crippen LogP contribution in [0.4, 0.5) is 5.69 Å². The van der Waals surface area contributed by atoms with E-state index in [9.17, 15) is 18.4 Å². The monoisotopic (exact) mass is 581 g/mol. The normalized spacial score (nSPS) is 16.6. The number of amides is 1. The maximum Gasteiger partial charge on any atom is 0.329 e. The highest BCUT2D eigenvalue weighted by Gasteiger charge is 2.40. The third-order valence-corrected chi connectivity index (χ3v) is 7.88. The van der Waals surface area contributed by atoms with Crippen molar-refractivity contribution in [1.82, 2.24) is 4.90 Å². The molecule has 0 saturated carbocycles. The van der Waals surface area contributed by atoms with E-state index in [1.165, 1.54) is 19.1 Å². The Labute approximate surface area is 241 Å². The highest BCUT2D eigenvalue weighted by molar-refractivity contribution is 7.80. The number of nitrogens with one attached hydrogen (secondary N) is 1. The van der Waals surface area contributed by atoms with Crippen LogP contribution >= 0.6 is 0 Å². The van der Waals surface area contributed by atoms with Gasteiger partial charge in [-0.25, -0.2) is 4.79 Å². The van der Waals surface area contributed by atoms with Crippen molar-refractivity contribution in [2.75, 3.05) is 31.7 Å². The van der Waals surface area contributed by atoms with Crippen molar-refractivity contribution in [3.8, 4) is 11.5 Å². The zero-order valence-electron chi connectivity index (χ0n) is 23.1. The predicted molar refractivity (Wildman–Crippen MR) is 155 cm³/mol. The first-order valence-electron chi connectivity index (χ1n) is 13.1. The number of likely N-dealkylation sites (tertiary alicyclic amines) is 1. The Morgan fingerprint density at radius 1 is 1.12 bits per heavy atom. The molecule has 1 aliphatic rings. The second-order valence-electron chi connectivity index (χ2n) is 9.55. The van der Waals surface area contributed by atoms with Crippen molar-refractivity contribution < 1.29 is 32.6 Å². The fraction of sp³-hybridized carbons (Fsp3) is 0.345. The lowest BCUT2D eigenvalue weighted by molar-refractivity contribution is -0.156. The summed E-state index contributed by atoms with van der Waals surface area (Å²) in [6.07, 6.45) is 0.936. The highest BCUT2D eigenvalue weighted by Crippen LogP contribution is 2.35. The largest absolute Gasteiger partial charge is 0.755 e. The molecule has 1 fully saturated rings. The second-order valence-corrected chi connectivity index (χ2v) is 10.4. The molecule has 4 rings (SSSR count). The summed E-state index contributed by atoms with van der Waals surface area (Å²) in [5.41, 5.74) is 7.14. The molecular weight excluding hydrogens is 548 g/mol. The number of benzene rings is 3. The van der Waals surface area contributed by atoms with E-state index in [4.69, 9.17) is 25.4 Å². The van der Waals surface area contributed by atoms with Crippen LogP contribution < -0.4 is 19.5 Å². The van der Waals surface area contributed by atoms with Gasteiger partial charge in [-0.1, -0.05) is 30.3 Å². The number of ether oxygens (including phenoxy) is 3. The van der Waals surface area contributed by atoms with Crippen LogP contribution in [0.25, 0.3) is 10.8 Å². The summed E-state index contributed by atoms with van der Waals surface area (Å²) < 4.78 is 42.3. The summed E-state index contributed by atoms with van der Waals surface area (Å²) in [5.74, 6) is -0.106. The van der Waals surface area contributed by atoms with E-state index in [0.29, 0.717) is 34.6 Å². The van der Waals surface area contributed by atoms with Crippen LogP contribution in [0.15, 0.2) is 54.6 Å². The van der Waals surface area contributed by atoms with Gasteiger partial charge in [-0.2, -0.15) is 0 Å². The Hall–Kier alpha value is -4.16. The lowest BCUT2D eigenvalue weighted by atomic mass is 9.97. The Morgan fingerprint density at radius 2 is 1.78 bits per heavy atom. The molecule has 0 radical (unpaired) electrons. The minimum absolute atomic E-state index is 0.0791. The molecule has 41 heavy (non-hydrogen) atoms. The van der Waals surface area contributed by atoms with Gasteiger partial charge in [0.05, 0.1) is 20.8 Å². The summed E-state index contributed by atoms with van der Waals surface area (Å²) in [4.78, 5) is 28.4. The number of nitrogens with two attached hydrogens (primary N) is 1. The van der Waals surface area contributed by atoms with Gasteiger partial charge in [0.1, 0.15) is 17.9 Å². The van der Waals surface area contributed by atoms with E-state index < -0.39 is 35.2 Å². The quantitative estimate of drug-likeness (QED) is 0.151. The number of hydrogen-bond donors (Lipinski definition) is 2. The molecule has 3 unspecified atom stereocenters. The molecule has 1 amide bonds. The summed E-state index contributed by atoms with van der Waals surface area (Å²) >= 11 is -2.78. The van der Waals surface area contributed by atoms with Crippen molar-refractivity contribution in [3.63, 3.8) is 0 Å². The number of hydrogen-bond acceptors (Lipinski definition) is 8. The van der Waals surface area contributed by atoms with Crippen molar-refractivity contribution in [2.45, 2.75) is 38.3 Å². The van der Waals surface area contributed by atoms with Gasteiger partial charge < -0.3 is 29.4 Å². The zero-order chi connectivity index (χ0) is 29.7. The molecule has 0 aromatic heterocycles. The summed E-state index contributed by atoms with van der Waals surface area (Å²) in [6, 6.07) is 13.4. The van der Waals surface area contributed by atoms with Gasteiger partial charge >= 0.3 is 5.97 Å². The fourth-order valence-corrected chi connectivity index (χ4v) is 5.77. The highest BCUT2D eigenvalue weighted by atomic mass is 32.2. The molecule has 1 aliphatic heterocycles. The maximum absolute atomic E-state index is 13.9. The third kappa shape index (κ3) is 6.44. The summed E-state index contributed by atoms with van der Waals surface area (Å²) in [6.45, 7) is 2.09. The van der Waals surface area contributed by atoms with Crippen molar-refractivity contribution in [2.24, 2.45) is 5.73 Å². The first kappa shape index (κ1) is 29.8. The van der Waals surface area contributed by atoms with Crippen LogP contribution in [0.1, 0.15) is 30.9 Å². The number of anilines is 1. The van der Waals surface area contributed by atoms with Gasteiger partial charge in [0.25, 0.3) is 0 Å². The van der Waals surface area contributed by atoms with Gasteiger partial charge in [-0.15, -0.1) is 0 Å². The van der Waals surface area contributed by atoms with Gasteiger partial charge in [0.15, 0.2) is 11.5 Å². The lowest BCUT2D eigenvalue weighted by Crippen LogP contribution is -2.58. The van der Waals surface area contributed by atoms with Crippen LogP contribution in [0.2, 0.25) is 0 Å². The molecular formula is C29H33N4O7S-. The molecule has 1 saturated heterocycles. The average Bonchev–Trinajstić information content (AvgIpc) is 2.96. The van der Waals surface area contributed by atoms with Crippen LogP contribution in [-0.4, -0.2) is 70.8 Å². The molecule has 0 aliphatic carbocycles. The number of methoxy groups -OCH3 is 2. The van der Waals surface area contributed by atoms with E-state index in [1.807, 2.05) is 0 Å². The van der Waals surface area contributed by atoms with E-state index in [2.05, 4.69) is 0 Å². The number of nitrogen functional groups attached to an aromatic ring is 1. The molecule has 218 valence electrons. The molecule has 12 heteroatoms. The van der Waals surface area contributed by atoms with Crippen molar-refractivity contribution in [1.29, 1.82) is 5.41 Å². The van der Waals surface area contributed by atoms with E-state index >= 15 is 0 Å². The van der Waals surface area contributed by atoms with E-state index in [1.54, 1.807) is 61.5 Å². The molecule has 3 aromatic carbocycles. The molecule has 3 aromatic rings. The van der Waals surface area contributed by atoms with Gasteiger partial charge in [0, 0.05) is 35.5 Å². The Balaban J connectivity index is 1.66. The SMILES string of the molecule is CCOC(=O)C(Cc1ccc(C(=N)N)cc1)N1CCCC(N(c2ccc3cc(OC)c(OC)cc3c2)S(=O)[O-])C1=O. The number of carbonyl (C=O) groups excluding carboxylic acids is 2. The Morgan fingerprint density at radius 3 is 2.37 bits per heavy atom. The summed E-state index contributed by atoms with van der Waals surface area (Å²) in [7, 11) is 3.05. The predicted octanol–water partition coefficient (Wildman–Crippen LogP) is 2.91. The van der Waals surface area contributed by atoms with E-state index in [-0.39, 0.29) is 31.8 Å². The number of nitrogens with zero attached hydrogens (tertiary/aromatic N) is 2. The number of rotatable bonds is 11. The zero-order valence-corrected chi connectivity index (χ0v) is 23.9. The topological polar surface area (TPSA) is 158 Å². The molecule has 3 atom stereocenters. The Kier molecular flexibility index (Phi) is 9.46. The van der Waals surface area contributed by atoms with Crippen LogP contribution in [0, 0.1) is 5.41 Å². The van der Waals surface area contributed by atoms with Gasteiger partial charge in [0.2, 0.25) is 5.91 Å². The smallest absolute Gasteiger partial charge is 0.329 e. The Bertz CT molecular complexity index is 1460. The lowest BCUT2D eigenvalue weighted by Gasteiger charge is -2.42. The number of amidine groups is 1. The number of piperidine rings is 1. The van der Waals surface area contributed by atoms with Crippen molar-refractivity contribution >= 4 is 45.4 Å². The first-order valence-corrected chi connectivity index (χ1v) is 14.2. The minimum Gasteiger partial charge on any atom is -0.755 e. The third-order valence-electron chi connectivity index (χ3n) is 7.10. The molecule has 0 bridgehead atoms. The minimum atomic E-state index is -2.78. The van der Waals surface area contributed by atoms with E-state index in [0.717, 1.165) is 15.3 Å². The first-order chi connectivity index (χ1) is 19.7. The second kappa shape index (κ2) is 13.0. The van der Waals surface area contributed by atoms with Crippen molar-refractivity contribution in [3.05, 3.63) is 65.7 Å². The molecule has 0 spiro atoms. The number of carbonyl (C=O) groups is 2. The maximum atomic E-state index is 13.9. The van der Waals surface area contributed by atoms with Gasteiger partial charge in [-0.05, 0) is 60.4 Å². The molecule has 11 nitrogen and oxygen atoms in total. The number of fused-ring (bicyclic) bond motifs is 1.